The second kappa shape index (κ2) is 3.36. The number of halogens is 1. The number of hydrogen-bond acceptors (Lipinski definition) is 2. The number of hydrogen-bond donors (Lipinski definition) is 0. The Labute approximate surface area is 78.2 Å². The number of nitrogens with zero attached hydrogens (tertiary/aromatic N) is 2. The molecule has 0 radical (unpaired) electrons. The van der Waals surface area contributed by atoms with Gasteiger partial charge in [-0.1, -0.05) is 0 Å². The SMILES string of the molecule is N#Cc1cc(I)cc(C#N)c1. The second-order valence-electron chi connectivity index (χ2n) is 1.95. The van der Waals surface area contributed by atoms with Crippen LogP contribution in [0.3, 0.4) is 0 Å². The van der Waals surface area contributed by atoms with Crippen molar-refractivity contribution in [1.82, 2.24) is 0 Å². The summed E-state index contributed by atoms with van der Waals surface area (Å²) in [6, 6.07) is 9.02. The molecule has 2 nitrogen and oxygen atoms in total. The van der Waals surface area contributed by atoms with Gasteiger partial charge in [0.15, 0.2) is 0 Å². The zero-order valence-corrected chi connectivity index (χ0v) is 7.66. The molecule has 0 bridgehead atoms. The Hall–Kier alpha value is -1.07. The van der Waals surface area contributed by atoms with E-state index >= 15 is 0 Å². The van der Waals surface area contributed by atoms with E-state index in [9.17, 15) is 0 Å². The van der Waals surface area contributed by atoms with Crippen LogP contribution in [0.1, 0.15) is 11.1 Å². The first-order chi connectivity index (χ1) is 5.26. The van der Waals surface area contributed by atoms with Crippen LogP contribution in [0.25, 0.3) is 0 Å². The Morgan fingerprint density at radius 3 is 1.82 bits per heavy atom. The van der Waals surface area contributed by atoms with Gasteiger partial charge in [0.1, 0.15) is 0 Å². The summed E-state index contributed by atoms with van der Waals surface area (Å²) in [4.78, 5) is 0. The maximum absolute atomic E-state index is 8.52. The lowest BCUT2D eigenvalue weighted by molar-refractivity contribution is 1.43. The fourth-order valence-corrected chi connectivity index (χ4v) is 1.39. The van der Waals surface area contributed by atoms with Gasteiger partial charge in [-0.05, 0) is 40.8 Å². The first-order valence-electron chi connectivity index (χ1n) is 2.87. The molecule has 1 aromatic rings. The second-order valence-corrected chi connectivity index (χ2v) is 3.20. The van der Waals surface area contributed by atoms with Crippen molar-refractivity contribution < 1.29 is 0 Å². The van der Waals surface area contributed by atoms with Crippen LogP contribution in [0.2, 0.25) is 0 Å². The summed E-state index contributed by atoms with van der Waals surface area (Å²) >= 11 is 2.08. The average Bonchev–Trinajstić information content (AvgIpc) is 2.03. The molecule has 1 rings (SSSR count). The summed E-state index contributed by atoms with van der Waals surface area (Å²) < 4.78 is 0.915. The zero-order valence-electron chi connectivity index (χ0n) is 5.50. The summed E-state index contributed by atoms with van der Waals surface area (Å²) in [7, 11) is 0. The molecule has 0 saturated heterocycles. The third-order valence-electron chi connectivity index (χ3n) is 1.16. The van der Waals surface area contributed by atoms with E-state index in [0.717, 1.165) is 3.57 Å². The molecule has 0 aliphatic rings. The topological polar surface area (TPSA) is 47.6 Å². The van der Waals surface area contributed by atoms with Gasteiger partial charge in [-0.15, -0.1) is 0 Å². The van der Waals surface area contributed by atoms with Crippen molar-refractivity contribution in [2.75, 3.05) is 0 Å². The number of benzene rings is 1. The lowest BCUT2D eigenvalue weighted by Crippen LogP contribution is -1.80. The van der Waals surface area contributed by atoms with Gasteiger partial charge in [0.05, 0.1) is 23.3 Å². The van der Waals surface area contributed by atoms with Gasteiger partial charge < -0.3 is 0 Å². The minimum Gasteiger partial charge on any atom is -0.192 e. The summed E-state index contributed by atoms with van der Waals surface area (Å²) in [6.45, 7) is 0. The van der Waals surface area contributed by atoms with Crippen molar-refractivity contribution in [3.8, 4) is 12.1 Å². The van der Waals surface area contributed by atoms with E-state index < -0.39 is 0 Å². The molecule has 0 heterocycles. The van der Waals surface area contributed by atoms with Crippen LogP contribution in [0.5, 0.6) is 0 Å². The molecule has 0 aromatic heterocycles. The van der Waals surface area contributed by atoms with E-state index in [1.54, 1.807) is 18.2 Å². The molecule has 0 amide bonds. The van der Waals surface area contributed by atoms with Crippen LogP contribution < -0.4 is 0 Å². The lowest BCUT2D eigenvalue weighted by Gasteiger charge is -1.91. The third kappa shape index (κ3) is 1.92. The molecular formula is C8H3IN2. The number of rotatable bonds is 0. The fraction of sp³-hybridized carbons (Fsp3) is 0. The highest BCUT2D eigenvalue weighted by molar-refractivity contribution is 14.1. The highest BCUT2D eigenvalue weighted by atomic mass is 127. The van der Waals surface area contributed by atoms with Crippen molar-refractivity contribution in [2.45, 2.75) is 0 Å². The zero-order chi connectivity index (χ0) is 8.27. The maximum atomic E-state index is 8.52. The van der Waals surface area contributed by atoms with Gasteiger partial charge in [0.2, 0.25) is 0 Å². The molecule has 0 spiro atoms. The molecule has 0 fully saturated rings. The van der Waals surface area contributed by atoms with Crippen molar-refractivity contribution in [1.29, 1.82) is 10.5 Å². The van der Waals surface area contributed by atoms with Crippen molar-refractivity contribution in [2.24, 2.45) is 0 Å². The highest BCUT2D eigenvalue weighted by Gasteiger charge is 1.96. The van der Waals surface area contributed by atoms with Crippen LogP contribution in [-0.2, 0) is 0 Å². The maximum Gasteiger partial charge on any atom is 0.0992 e. The Bertz CT molecular complexity index is 325. The van der Waals surface area contributed by atoms with Gasteiger partial charge in [-0.25, -0.2) is 0 Å². The predicted molar refractivity (Wildman–Crippen MR) is 48.6 cm³/mol. The largest absolute Gasteiger partial charge is 0.192 e. The monoisotopic (exact) mass is 254 g/mol. The first-order valence-corrected chi connectivity index (χ1v) is 3.95. The Balaban J connectivity index is 3.28. The predicted octanol–water partition coefficient (Wildman–Crippen LogP) is 2.03. The highest BCUT2D eigenvalue weighted by Crippen LogP contribution is 2.10. The Morgan fingerprint density at radius 2 is 1.45 bits per heavy atom. The summed E-state index contributed by atoms with van der Waals surface area (Å²) in [6.07, 6.45) is 0. The molecule has 52 valence electrons. The van der Waals surface area contributed by atoms with Gasteiger partial charge >= 0.3 is 0 Å². The Morgan fingerprint density at radius 1 is 1.00 bits per heavy atom. The van der Waals surface area contributed by atoms with Crippen LogP contribution >= 0.6 is 22.6 Å². The molecule has 1 aromatic carbocycles. The van der Waals surface area contributed by atoms with E-state index in [4.69, 9.17) is 10.5 Å². The lowest BCUT2D eigenvalue weighted by atomic mass is 10.1. The standard InChI is InChI=1S/C8H3IN2/c9-8-2-6(4-10)1-7(3-8)5-11/h1-3H. The molecule has 3 heteroatoms. The quantitative estimate of drug-likeness (QED) is 0.665. The molecular weight excluding hydrogens is 251 g/mol. The van der Waals surface area contributed by atoms with Crippen molar-refractivity contribution in [3.63, 3.8) is 0 Å². The fourth-order valence-electron chi connectivity index (χ4n) is 0.719. The summed E-state index contributed by atoms with van der Waals surface area (Å²) in [5.74, 6) is 0. The summed E-state index contributed by atoms with van der Waals surface area (Å²) in [5, 5.41) is 17.0. The van der Waals surface area contributed by atoms with Crippen LogP contribution in [0.4, 0.5) is 0 Å². The van der Waals surface area contributed by atoms with Gasteiger partial charge in [0, 0.05) is 3.57 Å². The first kappa shape index (κ1) is 8.03. The minimum absolute atomic E-state index is 0.536. The minimum atomic E-state index is 0.536. The van der Waals surface area contributed by atoms with Gasteiger partial charge in [-0.3, -0.25) is 0 Å². The smallest absolute Gasteiger partial charge is 0.0992 e. The van der Waals surface area contributed by atoms with Crippen LogP contribution in [0, 0.1) is 26.2 Å². The molecule has 0 saturated carbocycles. The molecule has 0 aliphatic heterocycles. The third-order valence-corrected chi connectivity index (χ3v) is 1.78. The van der Waals surface area contributed by atoms with Gasteiger partial charge in [-0.2, -0.15) is 10.5 Å². The van der Waals surface area contributed by atoms with Crippen LogP contribution in [-0.4, -0.2) is 0 Å². The summed E-state index contributed by atoms with van der Waals surface area (Å²) in [5.41, 5.74) is 1.07. The van der Waals surface area contributed by atoms with Crippen molar-refractivity contribution in [3.05, 3.63) is 32.9 Å². The Kier molecular flexibility index (Phi) is 2.45. The molecule has 11 heavy (non-hydrogen) atoms. The molecule has 0 aliphatic carbocycles. The van der Waals surface area contributed by atoms with Crippen molar-refractivity contribution >= 4 is 22.6 Å². The number of nitriles is 2. The molecule has 0 atom stereocenters. The normalized spacial score (nSPS) is 8.27. The van der Waals surface area contributed by atoms with E-state index in [1.165, 1.54) is 0 Å². The molecule has 0 N–H and O–H groups in total. The van der Waals surface area contributed by atoms with Gasteiger partial charge in [0.25, 0.3) is 0 Å². The molecule has 0 unspecified atom stereocenters. The van der Waals surface area contributed by atoms with E-state index in [1.807, 2.05) is 12.1 Å². The van der Waals surface area contributed by atoms with E-state index in [0.29, 0.717) is 11.1 Å². The van der Waals surface area contributed by atoms with E-state index in [2.05, 4.69) is 22.6 Å². The van der Waals surface area contributed by atoms with E-state index in [-0.39, 0.29) is 0 Å². The van der Waals surface area contributed by atoms with Crippen LogP contribution in [0.15, 0.2) is 18.2 Å². The average molecular weight is 254 g/mol.